The molecule has 0 aliphatic heterocycles. The second-order valence-electron chi connectivity index (χ2n) is 5.45. The van der Waals surface area contributed by atoms with Crippen molar-refractivity contribution >= 4 is 21.8 Å². The van der Waals surface area contributed by atoms with Gasteiger partial charge < -0.3 is 11.1 Å². The lowest BCUT2D eigenvalue weighted by Gasteiger charge is -2.30. The summed E-state index contributed by atoms with van der Waals surface area (Å²) in [5.41, 5.74) is 6.82. The van der Waals surface area contributed by atoms with Gasteiger partial charge in [-0.2, -0.15) is 5.10 Å². The number of halogens is 1. The standard InChI is InChI=1S/C13H23BrN4O/c1-8(2)16-13(5,12(15)19)6-7-18-10(4)11(14)9(3)17-18/h8,16H,6-7H2,1-5H3,(H2,15,19). The maximum Gasteiger partial charge on any atom is 0.237 e. The maximum absolute atomic E-state index is 11.7. The van der Waals surface area contributed by atoms with Crippen LogP contribution in [0, 0.1) is 13.8 Å². The first kappa shape index (κ1) is 16.2. The van der Waals surface area contributed by atoms with E-state index in [2.05, 4.69) is 26.3 Å². The predicted octanol–water partition coefficient (Wildman–Crippen LogP) is 1.89. The molecule has 1 aromatic heterocycles. The molecule has 0 aliphatic rings. The summed E-state index contributed by atoms with van der Waals surface area (Å²) < 4.78 is 2.92. The lowest BCUT2D eigenvalue weighted by atomic mass is 9.96. The van der Waals surface area contributed by atoms with Gasteiger partial charge in [0.1, 0.15) is 0 Å². The molecule has 108 valence electrons. The average Bonchev–Trinajstić information content (AvgIpc) is 2.53. The van der Waals surface area contributed by atoms with Crippen LogP contribution in [0.5, 0.6) is 0 Å². The van der Waals surface area contributed by atoms with Crippen molar-refractivity contribution < 1.29 is 4.79 Å². The fourth-order valence-electron chi connectivity index (χ4n) is 2.13. The highest BCUT2D eigenvalue weighted by Gasteiger charge is 2.31. The minimum atomic E-state index is -0.715. The van der Waals surface area contributed by atoms with Crippen LogP contribution in [0.3, 0.4) is 0 Å². The summed E-state index contributed by atoms with van der Waals surface area (Å²) in [7, 11) is 0. The molecule has 19 heavy (non-hydrogen) atoms. The monoisotopic (exact) mass is 330 g/mol. The van der Waals surface area contributed by atoms with Crippen molar-refractivity contribution in [2.45, 2.75) is 59.2 Å². The molecule has 1 unspecified atom stereocenters. The Labute approximate surface area is 123 Å². The number of carbonyl (C=O) groups excluding carboxylic acids is 1. The molecule has 1 rings (SSSR count). The second kappa shape index (κ2) is 6.05. The van der Waals surface area contributed by atoms with E-state index in [1.54, 1.807) is 0 Å². The van der Waals surface area contributed by atoms with Crippen LogP contribution in [0.1, 0.15) is 38.6 Å². The quantitative estimate of drug-likeness (QED) is 0.836. The van der Waals surface area contributed by atoms with Crippen LogP contribution in [-0.4, -0.2) is 27.3 Å². The van der Waals surface area contributed by atoms with Crippen LogP contribution in [0.4, 0.5) is 0 Å². The number of hydrogen-bond acceptors (Lipinski definition) is 3. The zero-order valence-corrected chi connectivity index (χ0v) is 13.8. The van der Waals surface area contributed by atoms with Gasteiger partial charge in [0.2, 0.25) is 5.91 Å². The Morgan fingerprint density at radius 2 is 2.11 bits per heavy atom. The molecule has 0 aliphatic carbocycles. The summed E-state index contributed by atoms with van der Waals surface area (Å²) >= 11 is 3.50. The lowest BCUT2D eigenvalue weighted by molar-refractivity contribution is -0.124. The number of nitrogens with one attached hydrogen (secondary N) is 1. The number of aromatic nitrogens is 2. The highest BCUT2D eigenvalue weighted by molar-refractivity contribution is 9.10. The number of rotatable bonds is 6. The number of nitrogens with two attached hydrogens (primary N) is 1. The van der Waals surface area contributed by atoms with E-state index in [4.69, 9.17) is 5.73 Å². The third kappa shape index (κ3) is 3.79. The molecule has 0 saturated heterocycles. The summed E-state index contributed by atoms with van der Waals surface area (Å²) in [5.74, 6) is -0.332. The highest BCUT2D eigenvalue weighted by Crippen LogP contribution is 2.21. The van der Waals surface area contributed by atoms with E-state index in [-0.39, 0.29) is 11.9 Å². The van der Waals surface area contributed by atoms with E-state index in [9.17, 15) is 4.79 Å². The number of amides is 1. The molecule has 0 spiro atoms. The Morgan fingerprint density at radius 3 is 2.47 bits per heavy atom. The number of hydrogen-bond donors (Lipinski definition) is 2. The van der Waals surface area contributed by atoms with Gasteiger partial charge in [0, 0.05) is 18.3 Å². The molecule has 1 heterocycles. The van der Waals surface area contributed by atoms with Gasteiger partial charge in [0.15, 0.2) is 0 Å². The van der Waals surface area contributed by atoms with E-state index >= 15 is 0 Å². The van der Waals surface area contributed by atoms with E-state index in [0.29, 0.717) is 13.0 Å². The van der Waals surface area contributed by atoms with Crippen LogP contribution in [-0.2, 0) is 11.3 Å². The molecule has 0 aromatic carbocycles. The zero-order valence-electron chi connectivity index (χ0n) is 12.2. The highest BCUT2D eigenvalue weighted by atomic mass is 79.9. The van der Waals surface area contributed by atoms with Crippen molar-refractivity contribution in [2.75, 3.05) is 0 Å². The van der Waals surface area contributed by atoms with Gasteiger partial charge in [-0.15, -0.1) is 0 Å². The van der Waals surface area contributed by atoms with Gasteiger partial charge in [-0.1, -0.05) is 0 Å². The van der Waals surface area contributed by atoms with Gasteiger partial charge in [0.05, 0.1) is 15.7 Å². The van der Waals surface area contributed by atoms with Crippen LogP contribution in [0.25, 0.3) is 0 Å². The second-order valence-corrected chi connectivity index (χ2v) is 6.25. The minimum Gasteiger partial charge on any atom is -0.368 e. The molecule has 6 heteroatoms. The molecule has 0 bridgehead atoms. The lowest BCUT2D eigenvalue weighted by Crippen LogP contribution is -2.56. The van der Waals surface area contributed by atoms with Crippen molar-refractivity contribution in [1.29, 1.82) is 0 Å². The summed E-state index contributed by atoms with van der Waals surface area (Å²) in [6, 6.07) is 0.199. The third-order valence-corrected chi connectivity index (χ3v) is 4.42. The molecule has 1 amide bonds. The van der Waals surface area contributed by atoms with Crippen LogP contribution in [0.15, 0.2) is 4.47 Å². The molecule has 0 fully saturated rings. The average molecular weight is 331 g/mol. The maximum atomic E-state index is 11.7. The topological polar surface area (TPSA) is 72.9 Å². The Balaban J connectivity index is 2.82. The minimum absolute atomic E-state index is 0.199. The SMILES string of the molecule is Cc1nn(CCC(C)(NC(C)C)C(N)=O)c(C)c1Br. The normalized spacial score (nSPS) is 14.7. The van der Waals surface area contributed by atoms with Gasteiger partial charge in [-0.3, -0.25) is 9.48 Å². The molecule has 1 atom stereocenters. The van der Waals surface area contributed by atoms with Gasteiger partial charge in [-0.25, -0.2) is 0 Å². The van der Waals surface area contributed by atoms with Crippen molar-refractivity contribution in [2.24, 2.45) is 5.73 Å². The molecular weight excluding hydrogens is 308 g/mol. The molecular formula is C13H23BrN4O. The van der Waals surface area contributed by atoms with Crippen molar-refractivity contribution in [3.8, 4) is 0 Å². The fourth-order valence-corrected chi connectivity index (χ4v) is 2.41. The first-order valence-corrected chi connectivity index (χ1v) is 7.24. The summed E-state index contributed by atoms with van der Waals surface area (Å²) in [5, 5.41) is 7.68. The fraction of sp³-hybridized carbons (Fsp3) is 0.692. The zero-order chi connectivity index (χ0) is 14.8. The number of primary amides is 1. The van der Waals surface area contributed by atoms with Crippen molar-refractivity contribution in [1.82, 2.24) is 15.1 Å². The van der Waals surface area contributed by atoms with Crippen molar-refractivity contribution in [3.05, 3.63) is 15.9 Å². The third-order valence-electron chi connectivity index (χ3n) is 3.27. The Morgan fingerprint density at radius 1 is 1.53 bits per heavy atom. The van der Waals surface area contributed by atoms with Crippen LogP contribution >= 0.6 is 15.9 Å². The number of aryl methyl sites for hydroxylation is 2. The molecule has 0 saturated carbocycles. The van der Waals surface area contributed by atoms with Gasteiger partial charge in [0.25, 0.3) is 0 Å². The Bertz CT molecular complexity index is 469. The van der Waals surface area contributed by atoms with E-state index in [1.165, 1.54) is 0 Å². The number of nitrogens with zero attached hydrogens (tertiary/aromatic N) is 2. The molecule has 1 aromatic rings. The van der Waals surface area contributed by atoms with Crippen LogP contribution < -0.4 is 11.1 Å². The first-order chi connectivity index (χ1) is 8.67. The summed E-state index contributed by atoms with van der Waals surface area (Å²) in [4.78, 5) is 11.7. The molecule has 0 radical (unpaired) electrons. The first-order valence-electron chi connectivity index (χ1n) is 6.44. The molecule has 5 nitrogen and oxygen atoms in total. The predicted molar refractivity (Wildman–Crippen MR) is 79.9 cm³/mol. The smallest absolute Gasteiger partial charge is 0.237 e. The Kier molecular flexibility index (Phi) is 5.15. The Hall–Kier alpha value is -0.880. The number of carbonyl (C=O) groups is 1. The molecule has 3 N–H and O–H groups in total. The van der Waals surface area contributed by atoms with Gasteiger partial charge in [-0.05, 0) is 57.0 Å². The van der Waals surface area contributed by atoms with Crippen LogP contribution in [0.2, 0.25) is 0 Å². The largest absolute Gasteiger partial charge is 0.368 e. The van der Waals surface area contributed by atoms with E-state index in [0.717, 1.165) is 15.9 Å². The van der Waals surface area contributed by atoms with Gasteiger partial charge >= 0.3 is 0 Å². The van der Waals surface area contributed by atoms with E-state index in [1.807, 2.05) is 39.3 Å². The van der Waals surface area contributed by atoms with Crippen molar-refractivity contribution in [3.63, 3.8) is 0 Å². The summed E-state index contributed by atoms with van der Waals surface area (Å²) in [6.07, 6.45) is 0.606. The summed E-state index contributed by atoms with van der Waals surface area (Å²) in [6.45, 7) is 10.4. The van der Waals surface area contributed by atoms with E-state index < -0.39 is 5.54 Å².